The van der Waals surface area contributed by atoms with E-state index in [-0.39, 0.29) is 0 Å². The van der Waals surface area contributed by atoms with Crippen molar-refractivity contribution in [1.82, 2.24) is 5.32 Å². The average molecular weight is 245 g/mol. The number of fused-ring (bicyclic) bond motifs is 1. The van der Waals surface area contributed by atoms with Gasteiger partial charge in [0, 0.05) is 6.04 Å². The molecule has 0 saturated heterocycles. The molecule has 0 heterocycles. The Morgan fingerprint density at radius 2 is 2.06 bits per heavy atom. The number of nitrogens with one attached hydrogen (secondary N) is 1. The molecule has 0 saturated carbocycles. The zero-order valence-corrected chi connectivity index (χ0v) is 12.1. The Kier molecular flexibility index (Phi) is 4.82. The van der Waals surface area contributed by atoms with Gasteiger partial charge >= 0.3 is 0 Å². The molecular formula is C17H27N. The van der Waals surface area contributed by atoms with Gasteiger partial charge in [-0.25, -0.2) is 0 Å². The SMILES string of the molecule is CCCNC(CC(C)C)C1CCc2ccccc21. The maximum absolute atomic E-state index is 3.78. The number of aryl methyl sites for hydroxylation is 1. The van der Waals surface area contributed by atoms with Crippen LogP contribution in [0.2, 0.25) is 0 Å². The smallest absolute Gasteiger partial charge is 0.0138 e. The van der Waals surface area contributed by atoms with Gasteiger partial charge in [-0.3, -0.25) is 0 Å². The second-order valence-corrected chi connectivity index (χ2v) is 6.03. The Morgan fingerprint density at radius 1 is 1.28 bits per heavy atom. The lowest BCUT2D eigenvalue weighted by molar-refractivity contribution is 0.362. The molecule has 0 aliphatic heterocycles. The summed E-state index contributed by atoms with van der Waals surface area (Å²) in [7, 11) is 0. The first-order valence-electron chi connectivity index (χ1n) is 7.53. The van der Waals surface area contributed by atoms with E-state index in [1.807, 2.05) is 0 Å². The highest BCUT2D eigenvalue weighted by Crippen LogP contribution is 2.37. The Morgan fingerprint density at radius 3 is 2.78 bits per heavy atom. The highest BCUT2D eigenvalue weighted by atomic mass is 14.9. The minimum atomic E-state index is 0.661. The van der Waals surface area contributed by atoms with E-state index in [4.69, 9.17) is 0 Å². The van der Waals surface area contributed by atoms with Crippen LogP contribution in [-0.4, -0.2) is 12.6 Å². The predicted molar refractivity (Wildman–Crippen MR) is 79.0 cm³/mol. The van der Waals surface area contributed by atoms with E-state index in [1.54, 1.807) is 11.1 Å². The van der Waals surface area contributed by atoms with Gasteiger partial charge in [0.1, 0.15) is 0 Å². The van der Waals surface area contributed by atoms with E-state index in [2.05, 4.69) is 50.4 Å². The fourth-order valence-corrected chi connectivity index (χ4v) is 3.24. The lowest BCUT2D eigenvalue weighted by Gasteiger charge is -2.27. The Labute approximate surface area is 112 Å². The molecule has 1 N–H and O–H groups in total. The topological polar surface area (TPSA) is 12.0 Å². The average Bonchev–Trinajstić information content (AvgIpc) is 2.78. The van der Waals surface area contributed by atoms with Gasteiger partial charge in [-0.2, -0.15) is 0 Å². The molecule has 0 bridgehead atoms. The largest absolute Gasteiger partial charge is 0.313 e. The molecule has 0 aromatic heterocycles. The zero-order chi connectivity index (χ0) is 13.0. The molecule has 0 amide bonds. The van der Waals surface area contributed by atoms with Crippen molar-refractivity contribution in [2.24, 2.45) is 5.92 Å². The van der Waals surface area contributed by atoms with Gasteiger partial charge in [0.15, 0.2) is 0 Å². The van der Waals surface area contributed by atoms with Crippen molar-refractivity contribution < 1.29 is 0 Å². The van der Waals surface area contributed by atoms with Gasteiger partial charge in [-0.1, -0.05) is 45.0 Å². The molecule has 2 atom stereocenters. The molecule has 0 spiro atoms. The summed E-state index contributed by atoms with van der Waals surface area (Å²) >= 11 is 0. The molecule has 18 heavy (non-hydrogen) atoms. The predicted octanol–water partition coefficient (Wildman–Crippen LogP) is 4.13. The third kappa shape index (κ3) is 3.14. The van der Waals surface area contributed by atoms with Crippen LogP contribution >= 0.6 is 0 Å². The first-order chi connectivity index (χ1) is 8.72. The molecule has 1 aliphatic rings. The van der Waals surface area contributed by atoms with Gasteiger partial charge in [0.2, 0.25) is 0 Å². The molecule has 2 rings (SSSR count). The first-order valence-corrected chi connectivity index (χ1v) is 7.53. The van der Waals surface area contributed by atoms with E-state index in [9.17, 15) is 0 Å². The van der Waals surface area contributed by atoms with Gasteiger partial charge in [-0.15, -0.1) is 0 Å². The van der Waals surface area contributed by atoms with Gasteiger partial charge in [0.25, 0.3) is 0 Å². The second kappa shape index (κ2) is 6.38. The zero-order valence-electron chi connectivity index (χ0n) is 12.1. The van der Waals surface area contributed by atoms with Gasteiger partial charge in [0.05, 0.1) is 0 Å². The quantitative estimate of drug-likeness (QED) is 0.794. The van der Waals surface area contributed by atoms with Crippen molar-refractivity contribution in [2.75, 3.05) is 6.54 Å². The fourth-order valence-electron chi connectivity index (χ4n) is 3.24. The monoisotopic (exact) mass is 245 g/mol. The molecule has 100 valence electrons. The van der Waals surface area contributed by atoms with Crippen molar-refractivity contribution in [2.45, 2.75) is 58.4 Å². The summed E-state index contributed by atoms with van der Waals surface area (Å²) in [5.41, 5.74) is 3.18. The fraction of sp³-hybridized carbons (Fsp3) is 0.647. The van der Waals surface area contributed by atoms with Crippen molar-refractivity contribution in [3.63, 3.8) is 0 Å². The van der Waals surface area contributed by atoms with Crippen LogP contribution in [0.1, 0.15) is 57.1 Å². The van der Waals surface area contributed by atoms with Crippen molar-refractivity contribution >= 4 is 0 Å². The number of hydrogen-bond donors (Lipinski definition) is 1. The minimum Gasteiger partial charge on any atom is -0.313 e. The maximum Gasteiger partial charge on any atom is 0.0138 e. The molecule has 1 nitrogen and oxygen atoms in total. The third-order valence-corrected chi connectivity index (χ3v) is 4.05. The normalized spacial score (nSPS) is 20.1. The Bertz CT molecular complexity index is 370. The molecule has 1 aromatic rings. The number of rotatable bonds is 6. The molecule has 0 fully saturated rings. The molecule has 1 aliphatic carbocycles. The first kappa shape index (κ1) is 13.6. The molecular weight excluding hydrogens is 218 g/mol. The van der Waals surface area contributed by atoms with Crippen LogP contribution in [-0.2, 0) is 6.42 Å². The van der Waals surface area contributed by atoms with Crippen LogP contribution in [0.4, 0.5) is 0 Å². The van der Waals surface area contributed by atoms with Crippen LogP contribution in [0.15, 0.2) is 24.3 Å². The summed E-state index contributed by atoms with van der Waals surface area (Å²) in [5.74, 6) is 1.50. The number of hydrogen-bond acceptors (Lipinski definition) is 1. The molecule has 2 unspecified atom stereocenters. The summed E-state index contributed by atoms with van der Waals surface area (Å²) in [6.07, 6.45) is 5.11. The highest BCUT2D eigenvalue weighted by molar-refractivity contribution is 5.36. The van der Waals surface area contributed by atoms with Crippen LogP contribution in [0.3, 0.4) is 0 Å². The standard InChI is InChI=1S/C17H27N/c1-4-11-18-17(12-13(2)3)16-10-9-14-7-5-6-8-15(14)16/h5-8,13,16-18H,4,9-12H2,1-3H3. The summed E-state index contributed by atoms with van der Waals surface area (Å²) in [6.45, 7) is 8.07. The van der Waals surface area contributed by atoms with Crippen LogP contribution in [0.5, 0.6) is 0 Å². The van der Waals surface area contributed by atoms with Crippen LogP contribution in [0.25, 0.3) is 0 Å². The van der Waals surface area contributed by atoms with Crippen molar-refractivity contribution in [1.29, 1.82) is 0 Å². The van der Waals surface area contributed by atoms with Crippen molar-refractivity contribution in [3.8, 4) is 0 Å². The van der Waals surface area contributed by atoms with Crippen molar-refractivity contribution in [3.05, 3.63) is 35.4 Å². The molecule has 1 heteroatoms. The van der Waals surface area contributed by atoms with E-state index >= 15 is 0 Å². The second-order valence-electron chi connectivity index (χ2n) is 6.03. The summed E-state index contributed by atoms with van der Waals surface area (Å²) in [4.78, 5) is 0. The minimum absolute atomic E-state index is 0.661. The highest BCUT2D eigenvalue weighted by Gasteiger charge is 2.29. The van der Waals surface area contributed by atoms with E-state index in [0.717, 1.165) is 18.4 Å². The van der Waals surface area contributed by atoms with Crippen LogP contribution in [0, 0.1) is 5.92 Å². The Balaban J connectivity index is 2.11. The van der Waals surface area contributed by atoms with Gasteiger partial charge < -0.3 is 5.32 Å². The van der Waals surface area contributed by atoms with Gasteiger partial charge in [-0.05, 0) is 55.2 Å². The van der Waals surface area contributed by atoms with E-state index in [0.29, 0.717) is 6.04 Å². The maximum atomic E-state index is 3.78. The van der Waals surface area contributed by atoms with Crippen LogP contribution < -0.4 is 5.32 Å². The molecule has 1 aromatic carbocycles. The summed E-state index contributed by atoms with van der Waals surface area (Å²) < 4.78 is 0. The summed E-state index contributed by atoms with van der Waals surface area (Å²) in [5, 5.41) is 3.78. The molecule has 0 radical (unpaired) electrons. The Hall–Kier alpha value is -0.820. The van der Waals surface area contributed by atoms with E-state index in [1.165, 1.54) is 25.7 Å². The third-order valence-electron chi connectivity index (χ3n) is 4.05. The van der Waals surface area contributed by atoms with E-state index < -0.39 is 0 Å². The lowest BCUT2D eigenvalue weighted by atomic mass is 9.87. The number of benzene rings is 1. The lowest BCUT2D eigenvalue weighted by Crippen LogP contribution is -2.36. The summed E-state index contributed by atoms with van der Waals surface area (Å²) in [6, 6.07) is 9.69.